The average molecular weight is 548 g/mol. The third-order valence-electron chi connectivity index (χ3n) is 4.69. The van der Waals surface area contributed by atoms with Gasteiger partial charge in [0.05, 0.1) is 16.1 Å². The van der Waals surface area contributed by atoms with E-state index in [9.17, 15) is 0 Å². The van der Waals surface area contributed by atoms with Crippen molar-refractivity contribution in [2.24, 2.45) is 0 Å². The number of hydrogen-bond acceptors (Lipinski definition) is 11. The number of fused-ring (bicyclic) bond motifs is 2. The molecule has 0 atom stereocenters. The number of anilines is 2. The Balaban J connectivity index is 0.000000176. The molecule has 0 saturated heterocycles. The summed E-state index contributed by atoms with van der Waals surface area (Å²) in [4.78, 5) is 39.6. The number of hydrogen-bond donors (Lipinski definition) is 4. The minimum absolute atomic E-state index is 0. The first kappa shape index (κ1) is 26.5. The number of rotatable bonds is 2. The molecule has 0 fully saturated rings. The van der Waals surface area contributed by atoms with Gasteiger partial charge in [0, 0.05) is 35.6 Å². The monoisotopic (exact) mass is 547 g/mol. The SMILES string of the molecule is Nc1nc(-c2ncc[nH]2)nc2ccccc12.Nc1nc(-c2ncc[nH]2)nc2ccccc12.O=[N+]([O-])[O-].[Cu+]. The number of nitrogen functional groups attached to an aromatic ring is 2. The molecule has 0 spiro atoms. The first-order chi connectivity index (χ1) is 17.4. The van der Waals surface area contributed by atoms with Crippen LogP contribution in [0.5, 0.6) is 0 Å². The Morgan fingerprint density at radius 2 is 1.05 bits per heavy atom. The number of aromatic amines is 2. The quantitative estimate of drug-likeness (QED) is 0.140. The molecule has 0 radical (unpaired) electrons. The molecule has 0 aliphatic carbocycles. The molecule has 4 heterocycles. The van der Waals surface area contributed by atoms with Gasteiger partial charge in [-0.2, -0.15) is 0 Å². The largest absolute Gasteiger partial charge is 1.00 e. The Bertz CT molecular complexity index is 1490. The standard InChI is InChI=1S/2C11H9N5.Cu.NO3/c2*12-9-7-3-1-2-4-8(7)15-11(16-9)10-13-5-6-14-10;;2-1(3)4/h2*1-6H,(H,13,14)(H2,12,15,16);;/q;;+1;-1. The molecule has 14 nitrogen and oxygen atoms in total. The Morgan fingerprint density at radius 1 is 0.676 bits per heavy atom. The van der Waals surface area contributed by atoms with Crippen LogP contribution >= 0.6 is 0 Å². The second-order valence-electron chi connectivity index (χ2n) is 7.00. The van der Waals surface area contributed by atoms with Crippen molar-refractivity contribution >= 4 is 33.4 Å². The maximum absolute atomic E-state index is 8.25. The van der Waals surface area contributed by atoms with Crippen LogP contribution in [0.3, 0.4) is 0 Å². The van der Waals surface area contributed by atoms with Gasteiger partial charge in [-0.25, -0.2) is 29.9 Å². The summed E-state index contributed by atoms with van der Waals surface area (Å²) >= 11 is 0. The summed E-state index contributed by atoms with van der Waals surface area (Å²) < 4.78 is 0. The number of nitrogens with two attached hydrogens (primary N) is 2. The Labute approximate surface area is 218 Å². The van der Waals surface area contributed by atoms with Gasteiger partial charge in [0.25, 0.3) is 0 Å². The summed E-state index contributed by atoms with van der Waals surface area (Å²) in [6.07, 6.45) is 6.77. The van der Waals surface area contributed by atoms with Crippen LogP contribution in [-0.2, 0) is 17.1 Å². The minimum Gasteiger partial charge on any atom is -0.383 e. The average Bonchev–Trinajstić information content (AvgIpc) is 3.59. The van der Waals surface area contributed by atoms with Gasteiger partial charge in [-0.15, -0.1) is 0 Å². The van der Waals surface area contributed by atoms with Crippen molar-refractivity contribution in [3.8, 4) is 23.3 Å². The van der Waals surface area contributed by atoms with Crippen molar-refractivity contribution in [2.75, 3.05) is 11.5 Å². The van der Waals surface area contributed by atoms with Gasteiger partial charge in [-0.1, -0.05) is 24.3 Å². The van der Waals surface area contributed by atoms with Gasteiger partial charge in [0.1, 0.15) is 11.6 Å². The second-order valence-corrected chi connectivity index (χ2v) is 7.00. The topological polar surface area (TPSA) is 227 Å². The molecular formula is C22H18CuN11O3. The maximum atomic E-state index is 8.25. The summed E-state index contributed by atoms with van der Waals surface area (Å²) in [5.41, 5.74) is 13.4. The molecule has 37 heavy (non-hydrogen) atoms. The molecule has 6 N–H and O–H groups in total. The smallest absolute Gasteiger partial charge is 0.383 e. The molecule has 190 valence electrons. The fraction of sp³-hybridized carbons (Fsp3) is 0. The van der Waals surface area contributed by atoms with E-state index in [1.54, 1.807) is 24.8 Å². The molecule has 4 aromatic heterocycles. The fourth-order valence-electron chi connectivity index (χ4n) is 3.19. The van der Waals surface area contributed by atoms with E-state index < -0.39 is 5.09 Å². The van der Waals surface area contributed by atoms with Crippen LogP contribution in [0.2, 0.25) is 0 Å². The third kappa shape index (κ3) is 6.50. The Morgan fingerprint density at radius 3 is 1.41 bits per heavy atom. The molecule has 0 aliphatic rings. The molecule has 2 aromatic carbocycles. The van der Waals surface area contributed by atoms with Gasteiger partial charge >= 0.3 is 17.1 Å². The van der Waals surface area contributed by atoms with E-state index in [2.05, 4.69) is 39.9 Å². The number of aromatic nitrogens is 8. The summed E-state index contributed by atoms with van der Waals surface area (Å²) in [6.45, 7) is 0. The number of nitrogens with zero attached hydrogens (tertiary/aromatic N) is 7. The van der Waals surface area contributed by atoms with Crippen molar-refractivity contribution in [2.45, 2.75) is 0 Å². The van der Waals surface area contributed by atoms with Crippen LogP contribution in [0.15, 0.2) is 73.3 Å². The summed E-state index contributed by atoms with van der Waals surface area (Å²) in [7, 11) is 0. The van der Waals surface area contributed by atoms with Crippen LogP contribution in [-0.4, -0.2) is 45.0 Å². The van der Waals surface area contributed by atoms with E-state index in [0.717, 1.165) is 21.8 Å². The van der Waals surface area contributed by atoms with Gasteiger partial charge in [-0.3, -0.25) is 0 Å². The zero-order chi connectivity index (χ0) is 25.5. The van der Waals surface area contributed by atoms with Crippen LogP contribution in [0.4, 0.5) is 11.6 Å². The van der Waals surface area contributed by atoms with E-state index in [1.807, 2.05) is 48.5 Å². The van der Waals surface area contributed by atoms with Crippen molar-refractivity contribution < 1.29 is 22.2 Å². The fourth-order valence-corrected chi connectivity index (χ4v) is 3.19. The molecule has 0 aliphatic heterocycles. The van der Waals surface area contributed by atoms with Crippen molar-refractivity contribution in [1.29, 1.82) is 0 Å². The predicted octanol–water partition coefficient (Wildman–Crippen LogP) is 2.96. The number of nitrogens with one attached hydrogen (secondary N) is 2. The Hall–Kier alpha value is -5.14. The summed E-state index contributed by atoms with van der Waals surface area (Å²) in [6, 6.07) is 15.3. The van der Waals surface area contributed by atoms with Crippen molar-refractivity contribution in [3.63, 3.8) is 0 Å². The summed E-state index contributed by atoms with van der Waals surface area (Å²) in [5.74, 6) is 3.21. The molecule has 0 saturated carbocycles. The van der Waals surface area contributed by atoms with Crippen molar-refractivity contribution in [3.05, 3.63) is 88.6 Å². The van der Waals surface area contributed by atoms with E-state index in [0.29, 0.717) is 34.9 Å². The van der Waals surface area contributed by atoms with Gasteiger partial charge in [0.15, 0.2) is 23.3 Å². The van der Waals surface area contributed by atoms with E-state index in [4.69, 9.17) is 26.8 Å². The van der Waals surface area contributed by atoms with Crippen LogP contribution in [0, 0.1) is 15.3 Å². The zero-order valence-electron chi connectivity index (χ0n) is 18.7. The van der Waals surface area contributed by atoms with Crippen LogP contribution < -0.4 is 11.5 Å². The summed E-state index contributed by atoms with van der Waals surface area (Å²) in [5, 5.41) is 16.5. The van der Waals surface area contributed by atoms with E-state index in [-0.39, 0.29) is 17.1 Å². The van der Waals surface area contributed by atoms with Gasteiger partial charge in [-0.05, 0) is 24.3 Å². The van der Waals surface area contributed by atoms with Crippen LogP contribution in [0.25, 0.3) is 45.1 Å². The van der Waals surface area contributed by atoms with E-state index >= 15 is 0 Å². The number of benzene rings is 2. The first-order valence-corrected chi connectivity index (χ1v) is 10.3. The van der Waals surface area contributed by atoms with Gasteiger partial charge < -0.3 is 36.8 Å². The molecule has 0 bridgehead atoms. The molecule has 0 amide bonds. The molecule has 0 unspecified atom stereocenters. The second kappa shape index (κ2) is 12.0. The third-order valence-corrected chi connectivity index (χ3v) is 4.69. The minimum atomic E-state index is -1.75. The first-order valence-electron chi connectivity index (χ1n) is 10.3. The molecule has 6 rings (SSSR count). The normalized spacial score (nSPS) is 9.95. The Kier molecular flexibility index (Phi) is 8.59. The van der Waals surface area contributed by atoms with Crippen molar-refractivity contribution in [1.82, 2.24) is 39.9 Å². The molecule has 6 aromatic rings. The predicted molar refractivity (Wildman–Crippen MR) is 133 cm³/mol. The maximum Gasteiger partial charge on any atom is 1.00 e. The number of H-pyrrole nitrogens is 2. The molecule has 15 heteroatoms. The van der Waals surface area contributed by atoms with E-state index in [1.165, 1.54) is 0 Å². The van der Waals surface area contributed by atoms with Crippen LogP contribution in [0.1, 0.15) is 0 Å². The number of para-hydroxylation sites is 2. The number of imidazole rings is 2. The van der Waals surface area contributed by atoms with Gasteiger partial charge in [0.2, 0.25) is 0 Å². The zero-order valence-corrected chi connectivity index (χ0v) is 19.7. The molecular weight excluding hydrogens is 530 g/mol.